The smallest absolute Gasteiger partial charge is 0.226 e. The Morgan fingerprint density at radius 2 is 2.04 bits per heavy atom. The fourth-order valence-corrected chi connectivity index (χ4v) is 2.15. The van der Waals surface area contributed by atoms with E-state index >= 15 is 0 Å². The summed E-state index contributed by atoms with van der Waals surface area (Å²) in [5.41, 5.74) is 1.26. The van der Waals surface area contributed by atoms with Crippen LogP contribution in [0.4, 0.5) is 4.39 Å². The van der Waals surface area contributed by atoms with Crippen LogP contribution < -0.4 is 4.74 Å². The lowest BCUT2D eigenvalue weighted by Crippen LogP contribution is -2.04. The van der Waals surface area contributed by atoms with E-state index in [0.717, 1.165) is 12.1 Å². The Kier molecular flexibility index (Phi) is 7.39. The fourth-order valence-electron chi connectivity index (χ4n) is 2.15. The van der Waals surface area contributed by atoms with Gasteiger partial charge in [-0.2, -0.15) is 5.10 Å². The minimum atomic E-state index is -0.486. The van der Waals surface area contributed by atoms with Gasteiger partial charge in [-0.05, 0) is 39.3 Å². The first-order valence-corrected chi connectivity index (χ1v) is 9.11. The highest BCUT2D eigenvalue weighted by Crippen LogP contribution is 2.25. The lowest BCUT2D eigenvalue weighted by Gasteiger charge is -2.12. The van der Waals surface area contributed by atoms with Crippen LogP contribution in [0.3, 0.4) is 0 Å². The summed E-state index contributed by atoms with van der Waals surface area (Å²) in [6.45, 7) is 7.62. The van der Waals surface area contributed by atoms with E-state index in [0.29, 0.717) is 17.2 Å². The monoisotopic (exact) mass is 383 g/mol. The number of ether oxygens (including phenoxy) is 1. The molecule has 0 aliphatic rings. The molecule has 1 aromatic heterocycles. The van der Waals surface area contributed by atoms with E-state index in [9.17, 15) is 4.39 Å². The van der Waals surface area contributed by atoms with Crippen molar-refractivity contribution in [2.24, 2.45) is 17.6 Å². The molecule has 6 heteroatoms. The Hall–Kier alpha value is -3.07. The maximum absolute atomic E-state index is 13.8. The summed E-state index contributed by atoms with van der Waals surface area (Å²) in [4.78, 5) is 5.04. The van der Waals surface area contributed by atoms with E-state index in [1.54, 1.807) is 11.7 Å². The Balaban J connectivity index is 2.01. The molecule has 0 unspecified atom stereocenters. The molecule has 0 spiro atoms. The SMILES string of the molecule is CCC(C)(C)C#CC=C(F)CON=Cc1c(C)nn(C)c1Oc1ccccc1. The first-order chi connectivity index (χ1) is 13.3. The molecular formula is C22H26FN3O2. The van der Waals surface area contributed by atoms with Gasteiger partial charge in [0, 0.05) is 18.5 Å². The van der Waals surface area contributed by atoms with Gasteiger partial charge in [0.1, 0.15) is 11.6 Å². The van der Waals surface area contributed by atoms with E-state index in [-0.39, 0.29) is 12.0 Å². The molecule has 28 heavy (non-hydrogen) atoms. The molecule has 148 valence electrons. The van der Waals surface area contributed by atoms with Crippen LogP contribution in [0.5, 0.6) is 11.6 Å². The van der Waals surface area contributed by atoms with Crippen LogP contribution in [0.15, 0.2) is 47.4 Å². The summed E-state index contributed by atoms with van der Waals surface area (Å²) >= 11 is 0. The van der Waals surface area contributed by atoms with E-state index in [4.69, 9.17) is 9.57 Å². The summed E-state index contributed by atoms with van der Waals surface area (Å²) in [6, 6.07) is 9.37. The van der Waals surface area contributed by atoms with Crippen LogP contribution in [0, 0.1) is 24.2 Å². The van der Waals surface area contributed by atoms with Gasteiger partial charge >= 0.3 is 0 Å². The topological polar surface area (TPSA) is 48.6 Å². The van der Waals surface area contributed by atoms with Gasteiger partial charge in [0.2, 0.25) is 5.88 Å². The first kappa shape index (κ1) is 21.2. The fraction of sp³-hybridized carbons (Fsp3) is 0.364. The van der Waals surface area contributed by atoms with Crippen molar-refractivity contribution in [3.8, 4) is 23.5 Å². The molecule has 0 fully saturated rings. The molecule has 0 aliphatic heterocycles. The first-order valence-electron chi connectivity index (χ1n) is 9.11. The molecule has 1 heterocycles. The largest absolute Gasteiger partial charge is 0.439 e. The number of halogens is 1. The highest BCUT2D eigenvalue weighted by molar-refractivity contribution is 5.84. The van der Waals surface area contributed by atoms with Crippen LogP contribution >= 0.6 is 0 Å². The van der Waals surface area contributed by atoms with Crippen LogP contribution in [0.1, 0.15) is 38.4 Å². The second kappa shape index (κ2) is 9.75. The van der Waals surface area contributed by atoms with Crippen molar-refractivity contribution < 1.29 is 14.0 Å². The lowest BCUT2D eigenvalue weighted by atomic mass is 9.91. The third-order valence-electron chi connectivity index (χ3n) is 4.15. The van der Waals surface area contributed by atoms with Crippen molar-refractivity contribution in [3.63, 3.8) is 0 Å². The molecule has 0 saturated heterocycles. The van der Waals surface area contributed by atoms with Crippen molar-refractivity contribution in [2.75, 3.05) is 6.61 Å². The normalized spacial score (nSPS) is 12.0. The van der Waals surface area contributed by atoms with Crippen LogP contribution in [-0.4, -0.2) is 22.6 Å². The summed E-state index contributed by atoms with van der Waals surface area (Å²) in [6.07, 6.45) is 3.58. The zero-order valence-corrected chi connectivity index (χ0v) is 17.0. The van der Waals surface area contributed by atoms with E-state index in [1.807, 2.05) is 58.0 Å². The van der Waals surface area contributed by atoms with Crippen molar-refractivity contribution >= 4 is 6.21 Å². The Morgan fingerprint density at radius 3 is 2.71 bits per heavy atom. The highest BCUT2D eigenvalue weighted by atomic mass is 19.1. The quantitative estimate of drug-likeness (QED) is 0.377. The molecule has 0 aliphatic carbocycles. The molecule has 0 amide bonds. The van der Waals surface area contributed by atoms with Crippen LogP contribution in [0.2, 0.25) is 0 Å². The molecule has 0 bridgehead atoms. The molecule has 0 N–H and O–H groups in total. The molecular weight excluding hydrogens is 357 g/mol. The Morgan fingerprint density at radius 1 is 1.32 bits per heavy atom. The van der Waals surface area contributed by atoms with Gasteiger partial charge in [-0.3, -0.25) is 0 Å². The number of rotatable bonds is 7. The summed E-state index contributed by atoms with van der Waals surface area (Å²) in [5, 5.41) is 8.18. The molecule has 5 nitrogen and oxygen atoms in total. The zero-order valence-electron chi connectivity index (χ0n) is 17.0. The van der Waals surface area contributed by atoms with Crippen molar-refractivity contribution in [2.45, 2.75) is 34.1 Å². The van der Waals surface area contributed by atoms with Crippen molar-refractivity contribution in [3.05, 3.63) is 53.5 Å². The van der Waals surface area contributed by atoms with Gasteiger partial charge in [0.25, 0.3) is 0 Å². The van der Waals surface area contributed by atoms with E-state index in [2.05, 4.69) is 22.1 Å². The number of benzene rings is 1. The maximum Gasteiger partial charge on any atom is 0.226 e. The van der Waals surface area contributed by atoms with Gasteiger partial charge in [0.05, 0.1) is 17.5 Å². The Bertz CT molecular complexity index is 903. The van der Waals surface area contributed by atoms with Gasteiger partial charge in [0.15, 0.2) is 6.61 Å². The minimum absolute atomic E-state index is 0.136. The number of hydrogen-bond donors (Lipinski definition) is 0. The third kappa shape index (κ3) is 6.27. The van der Waals surface area contributed by atoms with Crippen LogP contribution in [-0.2, 0) is 11.9 Å². The number of aromatic nitrogens is 2. The second-order valence-electron chi connectivity index (χ2n) is 6.95. The summed E-state index contributed by atoms with van der Waals surface area (Å²) < 4.78 is 21.3. The van der Waals surface area contributed by atoms with Crippen molar-refractivity contribution in [1.82, 2.24) is 9.78 Å². The second-order valence-corrected chi connectivity index (χ2v) is 6.95. The maximum atomic E-state index is 13.8. The van der Waals surface area contributed by atoms with Crippen LogP contribution in [0.25, 0.3) is 0 Å². The van der Waals surface area contributed by atoms with E-state index in [1.165, 1.54) is 12.3 Å². The predicted molar refractivity (Wildman–Crippen MR) is 109 cm³/mol. The highest BCUT2D eigenvalue weighted by Gasteiger charge is 2.14. The number of allylic oxidation sites excluding steroid dienone is 1. The number of aryl methyl sites for hydroxylation is 2. The summed E-state index contributed by atoms with van der Waals surface area (Å²) in [7, 11) is 1.78. The predicted octanol–water partition coefficient (Wildman–Crippen LogP) is 5.16. The summed E-state index contributed by atoms with van der Waals surface area (Å²) in [5.74, 6) is 6.47. The zero-order chi connectivity index (χ0) is 20.6. The number of nitrogens with zero attached hydrogens (tertiary/aromatic N) is 3. The number of hydrogen-bond acceptors (Lipinski definition) is 4. The Labute approximate surface area is 165 Å². The standard InChI is InChI=1S/C22H26FN3O2/c1-6-22(3,4)14-10-11-18(23)16-27-24-15-20-17(2)25-26(5)21(20)28-19-12-8-7-9-13-19/h7-9,11-13,15H,6,16H2,1-5H3. The van der Waals surface area contributed by atoms with Crippen molar-refractivity contribution in [1.29, 1.82) is 0 Å². The van der Waals surface area contributed by atoms with Gasteiger partial charge in [-0.25, -0.2) is 9.07 Å². The molecule has 2 aromatic rings. The molecule has 2 rings (SSSR count). The van der Waals surface area contributed by atoms with Gasteiger partial charge < -0.3 is 9.57 Å². The molecule has 1 aromatic carbocycles. The number of para-hydroxylation sites is 1. The van der Waals surface area contributed by atoms with Gasteiger partial charge in [-0.15, -0.1) is 0 Å². The minimum Gasteiger partial charge on any atom is -0.439 e. The number of oxime groups is 1. The average molecular weight is 383 g/mol. The molecule has 0 atom stereocenters. The molecule has 0 radical (unpaired) electrons. The lowest BCUT2D eigenvalue weighted by molar-refractivity contribution is 0.154. The molecule has 0 saturated carbocycles. The van der Waals surface area contributed by atoms with Gasteiger partial charge in [-0.1, -0.05) is 42.1 Å². The average Bonchev–Trinajstić information content (AvgIpc) is 2.92. The third-order valence-corrected chi connectivity index (χ3v) is 4.15. The van der Waals surface area contributed by atoms with E-state index < -0.39 is 5.83 Å².